The number of hydrogen-bond acceptors (Lipinski definition) is 6. The number of carbonyl (C=O) groups excluding carboxylic acids is 1. The molecule has 1 aromatic carbocycles. The van der Waals surface area contributed by atoms with E-state index in [1.807, 2.05) is 13.0 Å². The summed E-state index contributed by atoms with van der Waals surface area (Å²) in [5, 5.41) is 9.02. The van der Waals surface area contributed by atoms with Crippen molar-refractivity contribution < 1.29 is 9.53 Å². The minimum atomic E-state index is -0.544. The Balaban J connectivity index is 2.01. The Morgan fingerprint density at radius 1 is 1.23 bits per heavy atom. The van der Waals surface area contributed by atoms with Gasteiger partial charge in [0.15, 0.2) is 15.9 Å². The molecule has 0 N–H and O–H groups in total. The van der Waals surface area contributed by atoms with Crippen LogP contribution in [0.3, 0.4) is 0 Å². The van der Waals surface area contributed by atoms with Gasteiger partial charge in [-0.2, -0.15) is 5.26 Å². The van der Waals surface area contributed by atoms with Crippen molar-refractivity contribution in [1.29, 1.82) is 5.26 Å². The summed E-state index contributed by atoms with van der Waals surface area (Å²) in [4.78, 5) is 43.7. The van der Waals surface area contributed by atoms with Crippen molar-refractivity contribution in [2.24, 2.45) is 14.1 Å². The molecule has 0 aliphatic rings. The van der Waals surface area contributed by atoms with E-state index in [9.17, 15) is 14.4 Å². The number of imidazole rings is 1. The topological polar surface area (TPSA) is 115 Å². The number of anilines is 1. The van der Waals surface area contributed by atoms with Crippen molar-refractivity contribution in [3.63, 3.8) is 0 Å². The second-order valence-electron chi connectivity index (χ2n) is 6.73. The zero-order valence-electron chi connectivity index (χ0n) is 17.3. The molecule has 0 saturated carbocycles. The first-order valence-corrected chi connectivity index (χ1v) is 10.3. The summed E-state index contributed by atoms with van der Waals surface area (Å²) in [7, 11) is 2.89. The minimum absolute atomic E-state index is 0.0777. The number of nitrogens with zero attached hydrogens (tertiary/aromatic N) is 6. The van der Waals surface area contributed by atoms with Gasteiger partial charge < -0.3 is 9.64 Å². The van der Waals surface area contributed by atoms with Gasteiger partial charge in [0.1, 0.15) is 12.3 Å². The van der Waals surface area contributed by atoms with Crippen molar-refractivity contribution in [3.8, 4) is 11.8 Å². The van der Waals surface area contributed by atoms with Crippen LogP contribution in [0.2, 0.25) is 0 Å². The minimum Gasteiger partial charge on any atom is -0.494 e. The van der Waals surface area contributed by atoms with E-state index in [1.54, 1.807) is 24.3 Å². The summed E-state index contributed by atoms with van der Waals surface area (Å²) in [6.45, 7) is 2.41. The van der Waals surface area contributed by atoms with Gasteiger partial charge in [-0.25, -0.2) is 9.78 Å². The summed E-state index contributed by atoms with van der Waals surface area (Å²) in [5.41, 5.74) is -0.146. The van der Waals surface area contributed by atoms with E-state index in [4.69, 9.17) is 10.00 Å². The molecule has 3 rings (SSSR count). The first-order chi connectivity index (χ1) is 14.8. The van der Waals surface area contributed by atoms with Crippen LogP contribution in [0.25, 0.3) is 11.2 Å². The molecule has 0 fully saturated rings. The number of fused-ring (bicyclic) bond motifs is 1. The Bertz CT molecular complexity index is 1280. The van der Waals surface area contributed by atoms with E-state index in [2.05, 4.69) is 20.9 Å². The van der Waals surface area contributed by atoms with Gasteiger partial charge in [0, 0.05) is 26.3 Å². The van der Waals surface area contributed by atoms with Crippen LogP contribution in [0.15, 0.2) is 38.6 Å². The quantitative estimate of drug-likeness (QED) is 0.465. The van der Waals surface area contributed by atoms with Crippen LogP contribution in [-0.2, 0) is 25.4 Å². The number of ether oxygens (including phenoxy) is 1. The number of halogens is 1. The molecular weight excluding hydrogens is 468 g/mol. The van der Waals surface area contributed by atoms with Gasteiger partial charge in [0.25, 0.3) is 5.56 Å². The third kappa shape index (κ3) is 4.25. The lowest BCUT2D eigenvalue weighted by Crippen LogP contribution is -2.38. The second-order valence-corrected chi connectivity index (χ2v) is 7.43. The number of aromatic nitrogens is 4. The van der Waals surface area contributed by atoms with Crippen molar-refractivity contribution in [1.82, 2.24) is 18.7 Å². The molecule has 11 heteroatoms. The van der Waals surface area contributed by atoms with Crippen LogP contribution < -0.4 is 20.9 Å². The number of aryl methyl sites for hydroxylation is 1. The average molecular weight is 489 g/mol. The predicted octanol–water partition coefficient (Wildman–Crippen LogP) is 1.54. The zero-order chi connectivity index (χ0) is 22.7. The normalized spacial score (nSPS) is 10.8. The number of amides is 1. The van der Waals surface area contributed by atoms with Crippen LogP contribution in [0.1, 0.15) is 13.3 Å². The Labute approximate surface area is 186 Å². The standard InChI is InChI=1S/C20H21BrN6O4/c1-4-31-14-8-6-13(7-9-14)26(11-5-10-22)15(28)12-27-17-16(23-19(27)21)18(29)25(3)20(30)24(17)2/h6-9H,4-5,11-12H2,1-3H3. The highest BCUT2D eigenvalue weighted by Crippen LogP contribution is 2.22. The molecule has 0 aliphatic carbocycles. The fraction of sp³-hybridized carbons (Fsp3) is 0.350. The van der Waals surface area contributed by atoms with Gasteiger partial charge in [0.05, 0.1) is 19.1 Å². The molecule has 3 aromatic rings. The summed E-state index contributed by atoms with van der Waals surface area (Å²) in [5.74, 6) is 0.348. The number of benzene rings is 1. The van der Waals surface area contributed by atoms with E-state index in [0.717, 1.165) is 4.57 Å². The van der Waals surface area contributed by atoms with Crippen LogP contribution >= 0.6 is 15.9 Å². The van der Waals surface area contributed by atoms with Crippen LogP contribution in [0.5, 0.6) is 5.75 Å². The lowest BCUT2D eigenvalue weighted by atomic mass is 10.2. The number of hydrogen-bond donors (Lipinski definition) is 0. The molecule has 2 aromatic heterocycles. The molecule has 0 saturated heterocycles. The molecule has 0 bridgehead atoms. The summed E-state index contributed by atoms with van der Waals surface area (Å²) < 4.78 is 9.40. The Kier molecular flexibility index (Phi) is 6.60. The molecule has 162 valence electrons. The summed E-state index contributed by atoms with van der Waals surface area (Å²) in [6, 6.07) is 9.04. The largest absolute Gasteiger partial charge is 0.494 e. The molecule has 0 spiro atoms. The van der Waals surface area contributed by atoms with Gasteiger partial charge in [-0.15, -0.1) is 0 Å². The first kappa shape index (κ1) is 22.3. The monoisotopic (exact) mass is 488 g/mol. The Morgan fingerprint density at radius 3 is 2.52 bits per heavy atom. The van der Waals surface area contributed by atoms with Crippen molar-refractivity contribution in [2.75, 3.05) is 18.1 Å². The molecule has 0 unspecified atom stereocenters. The average Bonchev–Trinajstić information content (AvgIpc) is 3.08. The van der Waals surface area contributed by atoms with Gasteiger partial charge in [0.2, 0.25) is 5.91 Å². The molecule has 2 heterocycles. The fourth-order valence-electron chi connectivity index (χ4n) is 3.27. The lowest BCUT2D eigenvalue weighted by molar-refractivity contribution is -0.119. The van der Waals surface area contributed by atoms with Crippen LogP contribution in [0, 0.1) is 11.3 Å². The van der Waals surface area contributed by atoms with Crippen molar-refractivity contribution in [3.05, 3.63) is 49.8 Å². The maximum Gasteiger partial charge on any atom is 0.332 e. The van der Waals surface area contributed by atoms with E-state index < -0.39 is 11.2 Å². The van der Waals surface area contributed by atoms with Gasteiger partial charge in [-0.3, -0.25) is 23.3 Å². The van der Waals surface area contributed by atoms with Gasteiger partial charge in [-0.05, 0) is 47.1 Å². The first-order valence-electron chi connectivity index (χ1n) is 9.52. The second kappa shape index (κ2) is 9.18. The molecule has 1 amide bonds. The van der Waals surface area contributed by atoms with Crippen molar-refractivity contribution >= 4 is 38.7 Å². The predicted molar refractivity (Wildman–Crippen MR) is 118 cm³/mol. The smallest absolute Gasteiger partial charge is 0.332 e. The van der Waals surface area contributed by atoms with Crippen molar-refractivity contribution in [2.45, 2.75) is 19.9 Å². The van der Waals surface area contributed by atoms with E-state index in [-0.39, 0.29) is 41.3 Å². The molecule has 31 heavy (non-hydrogen) atoms. The maximum absolute atomic E-state index is 13.2. The Morgan fingerprint density at radius 2 is 1.90 bits per heavy atom. The van der Waals surface area contributed by atoms with Crippen LogP contribution in [0.4, 0.5) is 5.69 Å². The zero-order valence-corrected chi connectivity index (χ0v) is 18.9. The lowest BCUT2D eigenvalue weighted by Gasteiger charge is -2.23. The summed E-state index contributed by atoms with van der Waals surface area (Å²) in [6.07, 6.45) is 0.143. The SMILES string of the molecule is CCOc1ccc(N(CCC#N)C(=O)Cn2c(Br)nc3c(=O)n(C)c(=O)n(C)c32)cc1. The highest BCUT2D eigenvalue weighted by atomic mass is 79.9. The maximum atomic E-state index is 13.2. The highest BCUT2D eigenvalue weighted by molar-refractivity contribution is 9.10. The highest BCUT2D eigenvalue weighted by Gasteiger charge is 2.22. The van der Waals surface area contributed by atoms with Gasteiger partial charge in [-0.1, -0.05) is 0 Å². The van der Waals surface area contributed by atoms with Gasteiger partial charge >= 0.3 is 5.69 Å². The number of nitriles is 1. The Hall–Kier alpha value is -3.39. The molecule has 0 aliphatic heterocycles. The molecule has 0 radical (unpaired) electrons. The number of rotatable bonds is 7. The van der Waals surface area contributed by atoms with Crippen LogP contribution in [-0.4, -0.2) is 37.7 Å². The molecular formula is C20H21BrN6O4. The third-order valence-corrected chi connectivity index (χ3v) is 5.40. The van der Waals surface area contributed by atoms with E-state index in [0.29, 0.717) is 18.0 Å². The molecule has 0 atom stereocenters. The van der Waals surface area contributed by atoms with E-state index >= 15 is 0 Å². The number of carbonyl (C=O) groups is 1. The fourth-order valence-corrected chi connectivity index (χ4v) is 3.74. The van der Waals surface area contributed by atoms with E-state index in [1.165, 1.54) is 28.1 Å². The summed E-state index contributed by atoms with van der Waals surface area (Å²) >= 11 is 3.29. The molecule has 10 nitrogen and oxygen atoms in total. The third-order valence-electron chi connectivity index (χ3n) is 4.79.